The van der Waals surface area contributed by atoms with Crippen LogP contribution < -0.4 is 5.32 Å². The van der Waals surface area contributed by atoms with Gasteiger partial charge in [-0.15, -0.1) is 5.10 Å². The number of benzene rings is 1. The molecule has 0 saturated heterocycles. The SMILES string of the molecule is CCNC(c1cccc(Br)c1F)c1snnc1C(C)C. The summed E-state index contributed by atoms with van der Waals surface area (Å²) in [6.07, 6.45) is 0. The van der Waals surface area contributed by atoms with E-state index in [-0.39, 0.29) is 17.8 Å². The molecule has 0 aliphatic rings. The molecule has 1 aromatic carbocycles. The molecular formula is C14H17BrFN3S. The van der Waals surface area contributed by atoms with Gasteiger partial charge in [-0.05, 0) is 46.0 Å². The average molecular weight is 358 g/mol. The summed E-state index contributed by atoms with van der Waals surface area (Å²) >= 11 is 4.58. The number of nitrogens with zero attached hydrogens (tertiary/aromatic N) is 2. The van der Waals surface area contributed by atoms with E-state index >= 15 is 0 Å². The number of halogens is 2. The quantitative estimate of drug-likeness (QED) is 0.868. The summed E-state index contributed by atoms with van der Waals surface area (Å²) in [4.78, 5) is 0.985. The van der Waals surface area contributed by atoms with Crippen molar-refractivity contribution in [1.82, 2.24) is 14.9 Å². The van der Waals surface area contributed by atoms with Gasteiger partial charge in [-0.2, -0.15) is 0 Å². The Kier molecular flexibility index (Phi) is 5.23. The van der Waals surface area contributed by atoms with Gasteiger partial charge in [0.1, 0.15) is 5.82 Å². The van der Waals surface area contributed by atoms with Crippen LogP contribution in [0.2, 0.25) is 0 Å². The Morgan fingerprint density at radius 1 is 1.40 bits per heavy atom. The summed E-state index contributed by atoms with van der Waals surface area (Å²) in [5, 5.41) is 7.53. The van der Waals surface area contributed by atoms with Gasteiger partial charge < -0.3 is 5.32 Å². The normalized spacial score (nSPS) is 12.9. The van der Waals surface area contributed by atoms with E-state index in [0.29, 0.717) is 10.0 Å². The van der Waals surface area contributed by atoms with Crippen molar-refractivity contribution in [2.24, 2.45) is 0 Å². The number of rotatable bonds is 5. The van der Waals surface area contributed by atoms with Crippen LogP contribution in [0.1, 0.15) is 48.9 Å². The molecular weight excluding hydrogens is 341 g/mol. The lowest BCUT2D eigenvalue weighted by Crippen LogP contribution is -2.23. The van der Waals surface area contributed by atoms with Gasteiger partial charge in [0.2, 0.25) is 0 Å². The van der Waals surface area contributed by atoms with Gasteiger partial charge in [-0.3, -0.25) is 0 Å². The van der Waals surface area contributed by atoms with Crippen molar-refractivity contribution >= 4 is 27.5 Å². The molecule has 0 fully saturated rings. The third-order valence-corrected chi connectivity index (χ3v) is 4.47. The van der Waals surface area contributed by atoms with E-state index in [9.17, 15) is 4.39 Å². The lowest BCUT2D eigenvalue weighted by atomic mass is 9.99. The second kappa shape index (κ2) is 6.74. The van der Waals surface area contributed by atoms with Gasteiger partial charge >= 0.3 is 0 Å². The summed E-state index contributed by atoms with van der Waals surface area (Å²) in [5.41, 5.74) is 1.55. The summed E-state index contributed by atoms with van der Waals surface area (Å²) in [6.45, 7) is 6.89. The smallest absolute Gasteiger partial charge is 0.142 e. The molecule has 0 radical (unpaired) electrons. The molecule has 108 valence electrons. The highest BCUT2D eigenvalue weighted by atomic mass is 79.9. The molecule has 0 bridgehead atoms. The van der Waals surface area contributed by atoms with Crippen LogP contribution in [0.15, 0.2) is 22.7 Å². The first-order chi connectivity index (χ1) is 9.56. The molecule has 0 saturated carbocycles. The number of aromatic nitrogens is 2. The molecule has 1 N–H and O–H groups in total. The average Bonchev–Trinajstić information content (AvgIpc) is 2.89. The van der Waals surface area contributed by atoms with Crippen LogP contribution in [-0.4, -0.2) is 16.1 Å². The minimum absolute atomic E-state index is 0.213. The maximum absolute atomic E-state index is 14.4. The molecule has 3 nitrogen and oxygen atoms in total. The van der Waals surface area contributed by atoms with E-state index in [1.54, 1.807) is 12.1 Å². The lowest BCUT2D eigenvalue weighted by Gasteiger charge is -2.19. The van der Waals surface area contributed by atoms with Crippen LogP contribution in [-0.2, 0) is 0 Å². The fourth-order valence-corrected chi connectivity index (χ4v) is 3.38. The molecule has 20 heavy (non-hydrogen) atoms. The van der Waals surface area contributed by atoms with E-state index in [4.69, 9.17) is 0 Å². The van der Waals surface area contributed by atoms with E-state index in [1.807, 2.05) is 13.0 Å². The van der Waals surface area contributed by atoms with Gasteiger partial charge in [-0.25, -0.2) is 4.39 Å². The third kappa shape index (κ3) is 3.07. The first kappa shape index (κ1) is 15.5. The molecule has 0 spiro atoms. The molecule has 0 amide bonds. The third-order valence-electron chi connectivity index (χ3n) is 3.05. The summed E-state index contributed by atoms with van der Waals surface area (Å²) in [7, 11) is 0. The molecule has 2 rings (SSSR count). The highest BCUT2D eigenvalue weighted by molar-refractivity contribution is 9.10. The van der Waals surface area contributed by atoms with Crippen LogP contribution in [0.5, 0.6) is 0 Å². The van der Waals surface area contributed by atoms with E-state index < -0.39 is 0 Å². The largest absolute Gasteiger partial charge is 0.306 e. The van der Waals surface area contributed by atoms with Crippen molar-refractivity contribution in [2.45, 2.75) is 32.7 Å². The molecule has 6 heteroatoms. The predicted octanol–water partition coefficient (Wildman–Crippen LogP) is 4.26. The van der Waals surface area contributed by atoms with Gasteiger partial charge in [0, 0.05) is 5.56 Å². The second-order valence-electron chi connectivity index (χ2n) is 4.81. The Morgan fingerprint density at radius 3 is 2.80 bits per heavy atom. The number of hydrogen-bond acceptors (Lipinski definition) is 4. The monoisotopic (exact) mass is 357 g/mol. The second-order valence-corrected chi connectivity index (χ2v) is 6.45. The van der Waals surface area contributed by atoms with Crippen LogP contribution >= 0.6 is 27.5 Å². The van der Waals surface area contributed by atoms with Crippen LogP contribution in [0.4, 0.5) is 4.39 Å². The summed E-state index contributed by atoms with van der Waals surface area (Å²) in [6, 6.07) is 5.14. The van der Waals surface area contributed by atoms with Gasteiger partial charge in [0.15, 0.2) is 0 Å². The highest BCUT2D eigenvalue weighted by Gasteiger charge is 2.25. The summed E-state index contributed by atoms with van der Waals surface area (Å²) < 4.78 is 18.9. The van der Waals surface area contributed by atoms with Gasteiger partial charge in [0.25, 0.3) is 0 Å². The Bertz CT molecular complexity index is 586. The zero-order chi connectivity index (χ0) is 14.7. The Labute approximate surface area is 130 Å². The minimum Gasteiger partial charge on any atom is -0.306 e. The molecule has 1 unspecified atom stereocenters. The molecule has 0 aliphatic carbocycles. The van der Waals surface area contributed by atoms with Crippen molar-refractivity contribution in [1.29, 1.82) is 0 Å². The van der Waals surface area contributed by atoms with Crippen LogP contribution in [0, 0.1) is 5.82 Å². The van der Waals surface area contributed by atoms with Crippen molar-refractivity contribution in [3.63, 3.8) is 0 Å². The maximum atomic E-state index is 14.4. The standard InChI is InChI=1S/C14H17BrFN3S/c1-4-17-13(9-6-5-7-10(15)11(9)16)14-12(8(2)3)18-19-20-14/h5-8,13,17H,4H2,1-3H3. The Hall–Kier alpha value is -0.850. The predicted molar refractivity (Wildman–Crippen MR) is 83.6 cm³/mol. The van der Waals surface area contributed by atoms with Crippen molar-refractivity contribution in [3.8, 4) is 0 Å². The van der Waals surface area contributed by atoms with Crippen molar-refractivity contribution in [3.05, 3.63) is 44.6 Å². The molecule has 2 aromatic rings. The maximum Gasteiger partial charge on any atom is 0.142 e. The van der Waals surface area contributed by atoms with Crippen LogP contribution in [0.3, 0.4) is 0 Å². The topological polar surface area (TPSA) is 37.8 Å². The first-order valence-corrected chi connectivity index (χ1v) is 8.12. The Morgan fingerprint density at radius 2 is 2.15 bits per heavy atom. The van der Waals surface area contributed by atoms with E-state index in [1.165, 1.54) is 11.5 Å². The zero-order valence-electron chi connectivity index (χ0n) is 11.7. The van der Waals surface area contributed by atoms with Crippen LogP contribution in [0.25, 0.3) is 0 Å². The van der Waals surface area contributed by atoms with Gasteiger partial charge in [-0.1, -0.05) is 37.4 Å². The highest BCUT2D eigenvalue weighted by Crippen LogP contribution is 2.33. The molecule has 1 atom stereocenters. The van der Waals surface area contributed by atoms with Crippen molar-refractivity contribution in [2.75, 3.05) is 6.54 Å². The Balaban J connectivity index is 2.51. The molecule has 1 aromatic heterocycles. The fourth-order valence-electron chi connectivity index (χ4n) is 2.10. The molecule has 1 heterocycles. The zero-order valence-corrected chi connectivity index (χ0v) is 14.1. The molecule has 0 aliphatic heterocycles. The number of nitrogens with one attached hydrogen (secondary N) is 1. The van der Waals surface area contributed by atoms with Crippen molar-refractivity contribution < 1.29 is 4.39 Å². The van der Waals surface area contributed by atoms with E-state index in [2.05, 4.69) is 44.7 Å². The minimum atomic E-state index is -0.235. The fraction of sp³-hybridized carbons (Fsp3) is 0.429. The first-order valence-electron chi connectivity index (χ1n) is 6.55. The van der Waals surface area contributed by atoms with E-state index in [0.717, 1.165) is 17.1 Å². The number of hydrogen-bond donors (Lipinski definition) is 1. The lowest BCUT2D eigenvalue weighted by molar-refractivity contribution is 0.554. The van der Waals surface area contributed by atoms with Gasteiger partial charge in [0.05, 0.1) is 21.1 Å². The summed E-state index contributed by atoms with van der Waals surface area (Å²) in [5.74, 6) is 0.0293.